The van der Waals surface area contributed by atoms with Crippen LogP contribution in [0.2, 0.25) is 10.0 Å². The van der Waals surface area contributed by atoms with E-state index in [0.717, 1.165) is 0 Å². The average Bonchev–Trinajstić information content (AvgIpc) is 2.49. The SMILES string of the molecule is COC(=O)c1ccc(Cl)cc1NC(=O)Nc1ccc(Cl)cc1. The number of ether oxygens (including phenoxy) is 1. The van der Waals surface area contributed by atoms with E-state index in [0.29, 0.717) is 15.7 Å². The number of nitrogens with one attached hydrogen (secondary N) is 2. The number of carbonyl (C=O) groups excluding carboxylic acids is 2. The van der Waals surface area contributed by atoms with Crippen LogP contribution in [-0.2, 0) is 4.74 Å². The van der Waals surface area contributed by atoms with Crippen molar-refractivity contribution in [2.75, 3.05) is 17.7 Å². The molecule has 0 aliphatic carbocycles. The van der Waals surface area contributed by atoms with Crippen LogP contribution in [0, 0.1) is 0 Å². The summed E-state index contributed by atoms with van der Waals surface area (Å²) in [7, 11) is 1.26. The first-order chi connectivity index (χ1) is 10.5. The molecule has 0 saturated carbocycles. The molecule has 0 bridgehead atoms. The lowest BCUT2D eigenvalue weighted by Gasteiger charge is -2.11. The number of hydrogen-bond acceptors (Lipinski definition) is 3. The van der Waals surface area contributed by atoms with Gasteiger partial charge in [0.05, 0.1) is 18.4 Å². The first-order valence-corrected chi connectivity index (χ1v) is 6.96. The second kappa shape index (κ2) is 7.15. The summed E-state index contributed by atoms with van der Waals surface area (Å²) in [4.78, 5) is 23.7. The highest BCUT2D eigenvalue weighted by molar-refractivity contribution is 6.31. The zero-order valence-electron chi connectivity index (χ0n) is 11.5. The molecule has 114 valence electrons. The van der Waals surface area contributed by atoms with Gasteiger partial charge in [-0.15, -0.1) is 0 Å². The van der Waals surface area contributed by atoms with E-state index in [1.165, 1.54) is 25.3 Å². The van der Waals surface area contributed by atoms with E-state index in [-0.39, 0.29) is 11.3 Å². The van der Waals surface area contributed by atoms with Crippen LogP contribution in [0.3, 0.4) is 0 Å². The maximum Gasteiger partial charge on any atom is 0.339 e. The molecule has 2 amide bonds. The minimum Gasteiger partial charge on any atom is -0.465 e. The van der Waals surface area contributed by atoms with E-state index >= 15 is 0 Å². The predicted molar refractivity (Wildman–Crippen MR) is 86.9 cm³/mol. The summed E-state index contributed by atoms with van der Waals surface area (Å²) >= 11 is 11.7. The molecule has 0 aromatic heterocycles. The number of halogens is 2. The Kier molecular flexibility index (Phi) is 5.25. The van der Waals surface area contributed by atoms with Gasteiger partial charge in [0.1, 0.15) is 0 Å². The number of amides is 2. The highest BCUT2D eigenvalue weighted by Gasteiger charge is 2.14. The van der Waals surface area contributed by atoms with E-state index in [9.17, 15) is 9.59 Å². The van der Waals surface area contributed by atoms with Crippen LogP contribution in [-0.4, -0.2) is 19.1 Å². The standard InChI is InChI=1S/C15H12Cl2N2O3/c1-22-14(20)12-7-4-10(17)8-13(12)19-15(21)18-11-5-2-9(16)3-6-11/h2-8H,1H3,(H2,18,19,21). The number of esters is 1. The van der Waals surface area contributed by atoms with Crippen LogP contribution in [0.1, 0.15) is 10.4 Å². The number of carbonyl (C=O) groups is 2. The largest absolute Gasteiger partial charge is 0.465 e. The Labute approximate surface area is 137 Å². The van der Waals surface area contributed by atoms with Gasteiger partial charge in [0.2, 0.25) is 0 Å². The fraction of sp³-hybridized carbons (Fsp3) is 0.0667. The van der Waals surface area contributed by atoms with Gasteiger partial charge in [-0.05, 0) is 42.5 Å². The van der Waals surface area contributed by atoms with Gasteiger partial charge in [-0.1, -0.05) is 23.2 Å². The van der Waals surface area contributed by atoms with E-state index in [4.69, 9.17) is 23.2 Å². The van der Waals surface area contributed by atoms with Crippen LogP contribution in [0.5, 0.6) is 0 Å². The maximum absolute atomic E-state index is 12.0. The predicted octanol–water partition coefficient (Wildman–Crippen LogP) is 4.42. The molecule has 2 aromatic carbocycles. The Morgan fingerprint density at radius 2 is 1.59 bits per heavy atom. The van der Waals surface area contributed by atoms with Gasteiger partial charge in [-0.3, -0.25) is 0 Å². The molecule has 7 heteroatoms. The molecule has 0 spiro atoms. The molecule has 0 aliphatic heterocycles. The number of methoxy groups -OCH3 is 1. The zero-order chi connectivity index (χ0) is 16.1. The summed E-state index contributed by atoms with van der Waals surface area (Å²) in [5.74, 6) is -0.571. The van der Waals surface area contributed by atoms with E-state index < -0.39 is 12.0 Å². The van der Waals surface area contributed by atoms with Gasteiger partial charge in [0.15, 0.2) is 0 Å². The van der Waals surface area contributed by atoms with Crippen molar-refractivity contribution in [1.29, 1.82) is 0 Å². The fourth-order valence-electron chi connectivity index (χ4n) is 1.73. The molecule has 0 unspecified atom stereocenters. The van der Waals surface area contributed by atoms with Crippen molar-refractivity contribution < 1.29 is 14.3 Å². The van der Waals surface area contributed by atoms with Gasteiger partial charge in [-0.25, -0.2) is 9.59 Å². The van der Waals surface area contributed by atoms with Crippen LogP contribution in [0.4, 0.5) is 16.2 Å². The lowest BCUT2D eigenvalue weighted by atomic mass is 10.2. The lowest BCUT2D eigenvalue weighted by Crippen LogP contribution is -2.21. The molecule has 0 radical (unpaired) electrons. The number of benzene rings is 2. The van der Waals surface area contributed by atoms with E-state index in [1.54, 1.807) is 24.3 Å². The highest BCUT2D eigenvalue weighted by Crippen LogP contribution is 2.22. The van der Waals surface area contributed by atoms with Crippen molar-refractivity contribution in [3.05, 3.63) is 58.1 Å². The van der Waals surface area contributed by atoms with Gasteiger partial charge in [0.25, 0.3) is 0 Å². The number of hydrogen-bond donors (Lipinski definition) is 2. The molecule has 2 N–H and O–H groups in total. The number of anilines is 2. The summed E-state index contributed by atoms with van der Waals surface area (Å²) in [5.41, 5.74) is 1.02. The fourth-order valence-corrected chi connectivity index (χ4v) is 2.02. The first kappa shape index (κ1) is 16.1. The van der Waals surface area contributed by atoms with Gasteiger partial charge in [-0.2, -0.15) is 0 Å². The Hall–Kier alpha value is -2.24. The third kappa shape index (κ3) is 4.13. The molecule has 0 atom stereocenters. The summed E-state index contributed by atoms with van der Waals surface area (Å²) < 4.78 is 4.66. The summed E-state index contributed by atoms with van der Waals surface area (Å²) in [5, 5.41) is 6.13. The summed E-state index contributed by atoms with van der Waals surface area (Å²) in [6.07, 6.45) is 0. The number of urea groups is 1. The van der Waals surface area contributed by atoms with Crippen molar-refractivity contribution in [2.24, 2.45) is 0 Å². The van der Waals surface area contributed by atoms with Crippen molar-refractivity contribution >= 4 is 46.6 Å². The van der Waals surface area contributed by atoms with Crippen LogP contribution < -0.4 is 10.6 Å². The molecule has 0 fully saturated rings. The molecule has 2 rings (SSSR count). The van der Waals surface area contributed by atoms with Gasteiger partial charge < -0.3 is 15.4 Å². The molecular formula is C15H12Cl2N2O3. The Bertz CT molecular complexity index is 702. The quantitative estimate of drug-likeness (QED) is 0.813. The summed E-state index contributed by atoms with van der Waals surface area (Å²) in [6.45, 7) is 0. The molecule has 22 heavy (non-hydrogen) atoms. The van der Waals surface area contributed by atoms with Crippen molar-refractivity contribution in [1.82, 2.24) is 0 Å². The third-order valence-electron chi connectivity index (χ3n) is 2.74. The Morgan fingerprint density at radius 3 is 2.23 bits per heavy atom. The molecule has 2 aromatic rings. The Morgan fingerprint density at radius 1 is 0.955 bits per heavy atom. The Balaban J connectivity index is 2.15. The lowest BCUT2D eigenvalue weighted by molar-refractivity contribution is 0.0602. The maximum atomic E-state index is 12.0. The smallest absolute Gasteiger partial charge is 0.339 e. The van der Waals surface area contributed by atoms with E-state index in [2.05, 4.69) is 15.4 Å². The first-order valence-electron chi connectivity index (χ1n) is 6.21. The molecule has 0 saturated heterocycles. The van der Waals surface area contributed by atoms with Crippen LogP contribution in [0.15, 0.2) is 42.5 Å². The second-order valence-electron chi connectivity index (χ2n) is 4.27. The topological polar surface area (TPSA) is 67.4 Å². The zero-order valence-corrected chi connectivity index (χ0v) is 13.0. The highest BCUT2D eigenvalue weighted by atomic mass is 35.5. The third-order valence-corrected chi connectivity index (χ3v) is 3.22. The average molecular weight is 339 g/mol. The minimum atomic E-state index is -0.571. The monoisotopic (exact) mass is 338 g/mol. The van der Waals surface area contributed by atoms with E-state index in [1.807, 2.05) is 0 Å². The normalized spacial score (nSPS) is 9.95. The molecular weight excluding hydrogens is 327 g/mol. The van der Waals surface area contributed by atoms with Crippen LogP contribution in [0.25, 0.3) is 0 Å². The number of rotatable bonds is 3. The molecule has 0 heterocycles. The van der Waals surface area contributed by atoms with Crippen molar-refractivity contribution in [2.45, 2.75) is 0 Å². The molecule has 5 nitrogen and oxygen atoms in total. The molecule has 0 aliphatic rings. The van der Waals surface area contributed by atoms with Crippen molar-refractivity contribution in [3.63, 3.8) is 0 Å². The van der Waals surface area contributed by atoms with Crippen LogP contribution >= 0.6 is 23.2 Å². The van der Waals surface area contributed by atoms with Gasteiger partial charge >= 0.3 is 12.0 Å². The second-order valence-corrected chi connectivity index (χ2v) is 5.14. The van der Waals surface area contributed by atoms with Gasteiger partial charge in [0, 0.05) is 15.7 Å². The minimum absolute atomic E-state index is 0.207. The summed E-state index contributed by atoms with van der Waals surface area (Å²) in [6, 6.07) is 10.6. The van der Waals surface area contributed by atoms with Crippen molar-refractivity contribution in [3.8, 4) is 0 Å².